The highest BCUT2D eigenvalue weighted by Gasteiger charge is 2.18. The van der Waals surface area contributed by atoms with E-state index in [0.717, 1.165) is 17.0 Å². The van der Waals surface area contributed by atoms with Crippen molar-refractivity contribution in [1.82, 2.24) is 14.5 Å². The highest BCUT2D eigenvalue weighted by atomic mass is 32.2. The minimum absolute atomic E-state index is 0.241. The van der Waals surface area contributed by atoms with E-state index in [-0.39, 0.29) is 10.9 Å². The summed E-state index contributed by atoms with van der Waals surface area (Å²) in [5.74, 6) is 0. The first-order valence-corrected chi connectivity index (χ1v) is 8.36. The van der Waals surface area contributed by atoms with E-state index in [4.69, 9.17) is 0 Å². The molecule has 1 atom stereocenters. The van der Waals surface area contributed by atoms with Crippen LogP contribution in [0.3, 0.4) is 0 Å². The molecule has 1 heterocycles. The van der Waals surface area contributed by atoms with Crippen molar-refractivity contribution in [2.24, 2.45) is 0 Å². The predicted octanol–water partition coefficient (Wildman–Crippen LogP) is 2.18. The summed E-state index contributed by atoms with van der Waals surface area (Å²) >= 11 is 0. The number of benzene rings is 1. The van der Waals surface area contributed by atoms with Crippen molar-refractivity contribution in [3.05, 3.63) is 47.3 Å². The van der Waals surface area contributed by atoms with Crippen LogP contribution in [-0.2, 0) is 16.6 Å². The van der Waals surface area contributed by atoms with Gasteiger partial charge in [0.05, 0.1) is 17.1 Å². The van der Waals surface area contributed by atoms with Crippen LogP contribution in [0.5, 0.6) is 0 Å². The van der Waals surface area contributed by atoms with Crippen LogP contribution in [-0.4, -0.2) is 24.2 Å². The Labute approximate surface area is 126 Å². The van der Waals surface area contributed by atoms with Gasteiger partial charge in [0.15, 0.2) is 0 Å². The van der Waals surface area contributed by atoms with Crippen LogP contribution >= 0.6 is 0 Å². The zero-order valence-corrected chi connectivity index (χ0v) is 13.6. The number of nitrogens with zero attached hydrogens (tertiary/aromatic N) is 2. The lowest BCUT2D eigenvalue weighted by Gasteiger charge is -2.15. The number of nitrogens with one attached hydrogen (secondary N) is 1. The number of rotatable bonds is 5. The van der Waals surface area contributed by atoms with Crippen molar-refractivity contribution in [1.29, 1.82) is 0 Å². The summed E-state index contributed by atoms with van der Waals surface area (Å²) < 4.78 is 29.1. The van der Waals surface area contributed by atoms with Gasteiger partial charge in [-0.25, -0.2) is 13.1 Å². The Balaban J connectivity index is 2.09. The van der Waals surface area contributed by atoms with Gasteiger partial charge < -0.3 is 0 Å². The molecular formula is C15H21N3O2S. The molecule has 114 valence electrons. The van der Waals surface area contributed by atoms with Crippen LogP contribution in [0.1, 0.15) is 23.9 Å². The second-order valence-corrected chi connectivity index (χ2v) is 7.16. The van der Waals surface area contributed by atoms with E-state index in [1.807, 2.05) is 38.4 Å². The zero-order chi connectivity index (χ0) is 15.6. The summed E-state index contributed by atoms with van der Waals surface area (Å²) in [6.07, 6.45) is 0. The van der Waals surface area contributed by atoms with Crippen molar-refractivity contribution < 1.29 is 8.42 Å². The highest BCUT2D eigenvalue weighted by Crippen LogP contribution is 2.11. The van der Waals surface area contributed by atoms with E-state index in [2.05, 4.69) is 9.82 Å². The lowest BCUT2D eigenvalue weighted by Crippen LogP contribution is -2.36. The molecule has 0 amide bonds. The molecule has 0 unspecified atom stereocenters. The quantitative estimate of drug-likeness (QED) is 0.921. The van der Waals surface area contributed by atoms with Crippen molar-refractivity contribution in [3.63, 3.8) is 0 Å². The maximum Gasteiger partial charge on any atom is 0.240 e. The second-order valence-electron chi connectivity index (χ2n) is 5.44. The van der Waals surface area contributed by atoms with Gasteiger partial charge in [0.25, 0.3) is 0 Å². The van der Waals surface area contributed by atoms with Gasteiger partial charge in [0, 0.05) is 11.7 Å². The zero-order valence-electron chi connectivity index (χ0n) is 12.8. The van der Waals surface area contributed by atoms with Gasteiger partial charge >= 0.3 is 0 Å². The summed E-state index contributed by atoms with van der Waals surface area (Å²) in [7, 11) is -3.49. The number of aryl methyl sites for hydroxylation is 3. The summed E-state index contributed by atoms with van der Waals surface area (Å²) in [5, 5.41) is 4.35. The second kappa shape index (κ2) is 5.99. The van der Waals surface area contributed by atoms with Crippen LogP contribution in [0.4, 0.5) is 0 Å². The average molecular weight is 307 g/mol. The Hall–Kier alpha value is -1.66. The fraction of sp³-hybridized carbons (Fsp3) is 0.400. The Bertz CT molecular complexity index is 718. The van der Waals surface area contributed by atoms with Crippen LogP contribution in [0.25, 0.3) is 0 Å². The van der Waals surface area contributed by atoms with Crippen LogP contribution < -0.4 is 4.72 Å². The third kappa shape index (κ3) is 3.92. The summed E-state index contributed by atoms with van der Waals surface area (Å²) in [4.78, 5) is 0.285. The fourth-order valence-corrected chi connectivity index (χ4v) is 3.44. The first kappa shape index (κ1) is 15.7. The molecule has 5 nitrogen and oxygen atoms in total. The van der Waals surface area contributed by atoms with Crippen LogP contribution in [0.2, 0.25) is 0 Å². The van der Waals surface area contributed by atoms with E-state index in [9.17, 15) is 8.42 Å². The van der Waals surface area contributed by atoms with Crippen molar-refractivity contribution >= 4 is 10.0 Å². The molecular weight excluding hydrogens is 286 g/mol. The molecule has 0 aliphatic carbocycles. The van der Waals surface area contributed by atoms with E-state index >= 15 is 0 Å². The van der Waals surface area contributed by atoms with Crippen molar-refractivity contribution in [2.75, 3.05) is 0 Å². The lowest BCUT2D eigenvalue weighted by molar-refractivity contribution is 0.485. The minimum Gasteiger partial charge on any atom is -0.268 e. The van der Waals surface area contributed by atoms with Gasteiger partial charge in [-0.3, -0.25) is 4.68 Å². The molecule has 0 fully saturated rings. The summed E-state index contributed by atoms with van der Waals surface area (Å²) in [6, 6.07) is 8.55. The first-order chi connectivity index (χ1) is 9.78. The van der Waals surface area contributed by atoms with Gasteiger partial charge in [-0.15, -0.1) is 0 Å². The van der Waals surface area contributed by atoms with Gasteiger partial charge in [-0.1, -0.05) is 17.7 Å². The maximum absolute atomic E-state index is 12.3. The number of hydrogen-bond acceptors (Lipinski definition) is 3. The van der Waals surface area contributed by atoms with Gasteiger partial charge in [-0.05, 0) is 45.9 Å². The first-order valence-electron chi connectivity index (χ1n) is 6.88. The monoisotopic (exact) mass is 307 g/mol. The van der Waals surface area contributed by atoms with E-state index in [0.29, 0.717) is 6.54 Å². The molecule has 1 N–H and O–H groups in total. The van der Waals surface area contributed by atoms with Crippen molar-refractivity contribution in [3.8, 4) is 0 Å². The molecule has 0 aliphatic rings. The molecule has 21 heavy (non-hydrogen) atoms. The lowest BCUT2D eigenvalue weighted by atomic mass is 10.2. The smallest absolute Gasteiger partial charge is 0.240 e. The number of aromatic nitrogens is 2. The van der Waals surface area contributed by atoms with E-state index < -0.39 is 10.0 Å². The summed E-state index contributed by atoms with van der Waals surface area (Å²) in [5.41, 5.74) is 2.99. The van der Waals surface area contributed by atoms with E-state index in [1.165, 1.54) is 0 Å². The Kier molecular flexibility index (Phi) is 4.49. The molecule has 0 bridgehead atoms. The largest absolute Gasteiger partial charge is 0.268 e. The Morgan fingerprint density at radius 3 is 2.33 bits per heavy atom. The molecule has 1 aromatic carbocycles. The number of hydrogen-bond donors (Lipinski definition) is 1. The molecule has 2 aromatic rings. The molecule has 0 radical (unpaired) electrons. The standard InChI is InChI=1S/C15H21N3O2S/c1-11-5-7-15(8-6-11)21(19,20)17-13(3)10-18-14(4)9-12(2)16-18/h5-9,13,17H,10H2,1-4H3/t13-/m1/s1. The van der Waals surface area contributed by atoms with Crippen molar-refractivity contribution in [2.45, 2.75) is 45.2 Å². The SMILES string of the molecule is Cc1ccc(S(=O)(=O)N[C@H](C)Cn2nc(C)cc2C)cc1. The average Bonchev–Trinajstić information content (AvgIpc) is 2.67. The molecule has 0 saturated heterocycles. The Morgan fingerprint density at radius 1 is 1.19 bits per heavy atom. The minimum atomic E-state index is -3.49. The molecule has 6 heteroatoms. The molecule has 2 rings (SSSR count). The highest BCUT2D eigenvalue weighted by molar-refractivity contribution is 7.89. The predicted molar refractivity (Wildman–Crippen MR) is 82.7 cm³/mol. The molecule has 1 aromatic heterocycles. The maximum atomic E-state index is 12.3. The topological polar surface area (TPSA) is 64.0 Å². The van der Waals surface area contributed by atoms with Crippen LogP contribution in [0, 0.1) is 20.8 Å². The third-order valence-electron chi connectivity index (χ3n) is 3.24. The number of sulfonamides is 1. The van der Waals surface area contributed by atoms with Gasteiger partial charge in [0.1, 0.15) is 0 Å². The molecule has 0 spiro atoms. The van der Waals surface area contributed by atoms with Gasteiger partial charge in [0.2, 0.25) is 10.0 Å². The molecule has 0 aliphatic heterocycles. The Morgan fingerprint density at radius 2 is 1.81 bits per heavy atom. The van der Waals surface area contributed by atoms with Crippen LogP contribution in [0.15, 0.2) is 35.2 Å². The third-order valence-corrected chi connectivity index (χ3v) is 4.84. The van der Waals surface area contributed by atoms with E-state index in [1.54, 1.807) is 24.3 Å². The molecule has 0 saturated carbocycles. The fourth-order valence-electron chi connectivity index (χ4n) is 2.21. The van der Waals surface area contributed by atoms with Gasteiger partial charge in [-0.2, -0.15) is 5.10 Å². The normalized spacial score (nSPS) is 13.3. The summed E-state index contributed by atoms with van der Waals surface area (Å²) in [6.45, 7) is 8.15.